The molecule has 0 radical (unpaired) electrons. The molecular weight excluding hydrogens is 228 g/mol. The van der Waals surface area contributed by atoms with E-state index in [4.69, 9.17) is 5.26 Å². The highest BCUT2D eigenvalue weighted by Gasteiger charge is 2.10. The molecule has 0 saturated heterocycles. The van der Waals surface area contributed by atoms with E-state index < -0.39 is 0 Å². The van der Waals surface area contributed by atoms with Gasteiger partial charge < -0.3 is 5.32 Å². The van der Waals surface area contributed by atoms with Crippen molar-refractivity contribution in [1.82, 2.24) is 5.32 Å². The van der Waals surface area contributed by atoms with Gasteiger partial charge in [0.2, 0.25) is 0 Å². The van der Waals surface area contributed by atoms with Crippen LogP contribution >= 0.6 is 11.8 Å². The Bertz CT molecular complexity index is 365. The molecule has 1 rings (SSSR count). The van der Waals surface area contributed by atoms with Gasteiger partial charge in [-0.3, -0.25) is 0 Å². The van der Waals surface area contributed by atoms with Crippen LogP contribution in [0.1, 0.15) is 19.4 Å². The van der Waals surface area contributed by atoms with Crippen molar-refractivity contribution in [3.8, 4) is 6.07 Å². The maximum Gasteiger partial charge on any atom is 0.0671 e. The Morgan fingerprint density at radius 1 is 1.29 bits per heavy atom. The van der Waals surface area contributed by atoms with Crippen LogP contribution in [0.5, 0.6) is 0 Å². The zero-order valence-electron chi connectivity index (χ0n) is 10.7. The van der Waals surface area contributed by atoms with Crippen molar-refractivity contribution in [2.75, 3.05) is 12.8 Å². The summed E-state index contributed by atoms with van der Waals surface area (Å²) in [5, 5.41) is 12.3. The number of nitriles is 1. The van der Waals surface area contributed by atoms with Gasteiger partial charge in [-0.05, 0) is 29.9 Å². The summed E-state index contributed by atoms with van der Waals surface area (Å²) in [4.78, 5) is 1.28. The standard InChI is InChI=1S/C14H20N2S/c1-11(2)13(8-15)10-16-9-12-4-6-14(17-3)7-5-12/h4-7,11,13,16H,9-10H2,1-3H3. The van der Waals surface area contributed by atoms with Crippen LogP contribution in [0.15, 0.2) is 29.2 Å². The quantitative estimate of drug-likeness (QED) is 0.785. The number of thioether (sulfide) groups is 1. The van der Waals surface area contributed by atoms with E-state index in [1.165, 1.54) is 10.5 Å². The summed E-state index contributed by atoms with van der Waals surface area (Å²) in [6, 6.07) is 10.9. The molecular formula is C14H20N2S. The van der Waals surface area contributed by atoms with Gasteiger partial charge in [-0.2, -0.15) is 5.26 Å². The Morgan fingerprint density at radius 3 is 2.41 bits per heavy atom. The van der Waals surface area contributed by atoms with E-state index in [9.17, 15) is 0 Å². The third-order valence-electron chi connectivity index (χ3n) is 2.82. The van der Waals surface area contributed by atoms with Gasteiger partial charge in [0.1, 0.15) is 0 Å². The molecule has 1 aromatic carbocycles. The third kappa shape index (κ3) is 4.80. The van der Waals surface area contributed by atoms with E-state index in [1.54, 1.807) is 11.8 Å². The highest BCUT2D eigenvalue weighted by Crippen LogP contribution is 2.15. The van der Waals surface area contributed by atoms with Crippen molar-refractivity contribution in [1.29, 1.82) is 5.26 Å². The van der Waals surface area contributed by atoms with Crippen LogP contribution in [-0.2, 0) is 6.54 Å². The van der Waals surface area contributed by atoms with Gasteiger partial charge in [0, 0.05) is 18.0 Å². The fourth-order valence-corrected chi connectivity index (χ4v) is 1.95. The smallest absolute Gasteiger partial charge is 0.0671 e. The lowest BCUT2D eigenvalue weighted by molar-refractivity contribution is 0.442. The van der Waals surface area contributed by atoms with Crippen LogP contribution in [-0.4, -0.2) is 12.8 Å². The van der Waals surface area contributed by atoms with Crippen LogP contribution in [0, 0.1) is 23.2 Å². The van der Waals surface area contributed by atoms with Crippen LogP contribution in [0.25, 0.3) is 0 Å². The number of benzene rings is 1. The summed E-state index contributed by atoms with van der Waals surface area (Å²) >= 11 is 1.75. The Kier molecular flexibility index (Phi) is 6.10. The van der Waals surface area contributed by atoms with Crippen LogP contribution < -0.4 is 5.32 Å². The van der Waals surface area contributed by atoms with Crippen molar-refractivity contribution >= 4 is 11.8 Å². The Morgan fingerprint density at radius 2 is 1.94 bits per heavy atom. The lowest BCUT2D eigenvalue weighted by Gasteiger charge is -2.13. The summed E-state index contributed by atoms with van der Waals surface area (Å²) < 4.78 is 0. The molecule has 0 aliphatic carbocycles. The lowest BCUT2D eigenvalue weighted by Crippen LogP contribution is -2.24. The van der Waals surface area contributed by atoms with E-state index >= 15 is 0 Å². The second-order valence-electron chi connectivity index (χ2n) is 4.46. The Balaban J connectivity index is 2.38. The fraction of sp³-hybridized carbons (Fsp3) is 0.500. The topological polar surface area (TPSA) is 35.8 Å². The molecule has 0 heterocycles. The zero-order valence-corrected chi connectivity index (χ0v) is 11.6. The first-order valence-electron chi connectivity index (χ1n) is 5.90. The minimum Gasteiger partial charge on any atom is -0.311 e. The van der Waals surface area contributed by atoms with E-state index in [1.807, 2.05) is 0 Å². The average molecular weight is 248 g/mol. The normalized spacial score (nSPS) is 12.4. The van der Waals surface area contributed by atoms with Crippen LogP contribution in [0.2, 0.25) is 0 Å². The molecule has 0 aromatic heterocycles. The monoisotopic (exact) mass is 248 g/mol. The fourth-order valence-electron chi connectivity index (χ4n) is 1.55. The summed E-state index contributed by atoms with van der Waals surface area (Å²) in [7, 11) is 0. The van der Waals surface area contributed by atoms with E-state index in [-0.39, 0.29) is 5.92 Å². The maximum atomic E-state index is 8.97. The second kappa shape index (κ2) is 7.37. The molecule has 92 valence electrons. The Labute approximate surface area is 108 Å². The van der Waals surface area contributed by atoms with Gasteiger partial charge in [-0.25, -0.2) is 0 Å². The van der Waals surface area contributed by atoms with Gasteiger partial charge >= 0.3 is 0 Å². The predicted octanol–water partition coefficient (Wildman–Crippen LogP) is 3.29. The average Bonchev–Trinajstić information content (AvgIpc) is 2.35. The highest BCUT2D eigenvalue weighted by atomic mass is 32.2. The number of hydrogen-bond acceptors (Lipinski definition) is 3. The number of nitrogens with zero attached hydrogens (tertiary/aromatic N) is 1. The lowest BCUT2D eigenvalue weighted by atomic mass is 9.97. The van der Waals surface area contributed by atoms with Crippen molar-refractivity contribution in [3.63, 3.8) is 0 Å². The number of hydrogen-bond donors (Lipinski definition) is 1. The largest absolute Gasteiger partial charge is 0.311 e. The molecule has 0 fully saturated rings. The SMILES string of the molecule is CSc1ccc(CNCC(C#N)C(C)C)cc1. The van der Waals surface area contributed by atoms with Gasteiger partial charge in [-0.1, -0.05) is 26.0 Å². The molecule has 17 heavy (non-hydrogen) atoms. The van der Waals surface area contributed by atoms with Crippen molar-refractivity contribution < 1.29 is 0 Å². The van der Waals surface area contributed by atoms with Crippen molar-refractivity contribution in [2.45, 2.75) is 25.3 Å². The van der Waals surface area contributed by atoms with Crippen molar-refractivity contribution in [3.05, 3.63) is 29.8 Å². The molecule has 1 unspecified atom stereocenters. The molecule has 0 bridgehead atoms. The molecule has 3 heteroatoms. The van der Waals surface area contributed by atoms with Crippen LogP contribution in [0.4, 0.5) is 0 Å². The van der Waals surface area contributed by atoms with E-state index in [0.29, 0.717) is 5.92 Å². The molecule has 1 N–H and O–H groups in total. The van der Waals surface area contributed by atoms with Gasteiger partial charge in [0.05, 0.1) is 12.0 Å². The molecule has 0 spiro atoms. The summed E-state index contributed by atoms with van der Waals surface area (Å²) in [5.74, 6) is 0.506. The first-order chi connectivity index (χ1) is 8.17. The van der Waals surface area contributed by atoms with Gasteiger partial charge in [0.15, 0.2) is 0 Å². The molecule has 1 atom stereocenters. The first kappa shape index (κ1) is 14.1. The zero-order chi connectivity index (χ0) is 12.7. The third-order valence-corrected chi connectivity index (χ3v) is 3.57. The van der Waals surface area contributed by atoms with Crippen LogP contribution in [0.3, 0.4) is 0 Å². The predicted molar refractivity (Wildman–Crippen MR) is 73.9 cm³/mol. The number of nitrogens with one attached hydrogen (secondary N) is 1. The summed E-state index contributed by atoms with van der Waals surface area (Å²) in [5.41, 5.74) is 1.27. The van der Waals surface area contributed by atoms with E-state index in [2.05, 4.69) is 55.8 Å². The highest BCUT2D eigenvalue weighted by molar-refractivity contribution is 7.98. The first-order valence-corrected chi connectivity index (χ1v) is 7.13. The van der Waals surface area contributed by atoms with Crippen molar-refractivity contribution in [2.24, 2.45) is 11.8 Å². The molecule has 1 aromatic rings. The minimum absolute atomic E-state index is 0.0977. The molecule has 0 aliphatic rings. The maximum absolute atomic E-state index is 8.97. The minimum atomic E-state index is 0.0977. The molecule has 0 amide bonds. The second-order valence-corrected chi connectivity index (χ2v) is 5.34. The van der Waals surface area contributed by atoms with E-state index in [0.717, 1.165) is 13.1 Å². The summed E-state index contributed by atoms with van der Waals surface area (Å²) in [6.07, 6.45) is 2.08. The molecule has 2 nitrogen and oxygen atoms in total. The number of rotatable bonds is 6. The van der Waals surface area contributed by atoms with Gasteiger partial charge in [0.25, 0.3) is 0 Å². The summed E-state index contributed by atoms with van der Waals surface area (Å²) in [6.45, 7) is 5.77. The Hall–Kier alpha value is -0.980. The van der Waals surface area contributed by atoms with Gasteiger partial charge in [-0.15, -0.1) is 11.8 Å². The molecule has 0 saturated carbocycles. The molecule has 0 aliphatic heterocycles.